The second-order valence-electron chi connectivity index (χ2n) is 4.11. The quantitative estimate of drug-likeness (QED) is 0.620. The highest BCUT2D eigenvalue weighted by Crippen LogP contribution is 2.32. The first kappa shape index (κ1) is 15.7. The van der Waals surface area contributed by atoms with E-state index in [4.69, 9.17) is 21.1 Å². The second kappa shape index (κ2) is 7.33. The molecule has 2 aromatic rings. The summed E-state index contributed by atoms with van der Waals surface area (Å²) in [6.07, 6.45) is 1.69. The summed E-state index contributed by atoms with van der Waals surface area (Å²) >= 11 is 9.38. The maximum atomic E-state index is 5.91. The maximum Gasteiger partial charge on any atom is 0.161 e. The smallest absolute Gasteiger partial charge is 0.161 e. The van der Waals surface area contributed by atoms with Crippen molar-refractivity contribution in [1.29, 1.82) is 0 Å². The Hall–Kier alpha value is -1.72. The highest BCUT2D eigenvalue weighted by Gasteiger charge is 2.08. The van der Waals surface area contributed by atoms with Crippen LogP contribution in [0.3, 0.4) is 0 Å². The highest BCUT2D eigenvalue weighted by atomic mass is 79.9. The van der Waals surface area contributed by atoms with E-state index in [1.807, 2.05) is 24.3 Å². The zero-order chi connectivity index (χ0) is 15.2. The van der Waals surface area contributed by atoms with E-state index in [2.05, 4.69) is 26.5 Å². The number of nitrogens with zero attached hydrogens (tertiary/aromatic N) is 1. The monoisotopic (exact) mass is 368 g/mol. The Balaban J connectivity index is 2.17. The van der Waals surface area contributed by atoms with E-state index in [1.54, 1.807) is 32.6 Å². The van der Waals surface area contributed by atoms with E-state index in [0.717, 1.165) is 15.7 Å². The first-order chi connectivity index (χ1) is 10.1. The van der Waals surface area contributed by atoms with E-state index < -0.39 is 0 Å². The summed E-state index contributed by atoms with van der Waals surface area (Å²) in [7, 11) is 3.19. The van der Waals surface area contributed by atoms with Crippen LogP contribution in [0.25, 0.3) is 0 Å². The third-order valence-electron chi connectivity index (χ3n) is 2.72. The summed E-state index contributed by atoms with van der Waals surface area (Å²) in [5.41, 5.74) is 4.60. The van der Waals surface area contributed by atoms with E-state index in [-0.39, 0.29) is 0 Å². The molecule has 0 aromatic heterocycles. The molecular formula is C15H14BrClN2O2. The highest BCUT2D eigenvalue weighted by molar-refractivity contribution is 9.10. The lowest BCUT2D eigenvalue weighted by Gasteiger charge is -2.09. The van der Waals surface area contributed by atoms with Crippen LogP contribution in [0, 0.1) is 0 Å². The third kappa shape index (κ3) is 4.12. The Labute approximate surface area is 136 Å². The number of hydrogen-bond donors (Lipinski definition) is 1. The molecule has 0 saturated heterocycles. The minimum atomic E-state index is 0.643. The number of nitrogens with one attached hydrogen (secondary N) is 1. The van der Waals surface area contributed by atoms with E-state index >= 15 is 0 Å². The number of rotatable bonds is 5. The van der Waals surface area contributed by atoms with Crippen LogP contribution >= 0.6 is 27.5 Å². The number of halogens is 2. The fraction of sp³-hybridized carbons (Fsp3) is 0.133. The summed E-state index contributed by atoms with van der Waals surface area (Å²) < 4.78 is 11.4. The first-order valence-corrected chi connectivity index (χ1v) is 7.27. The molecule has 0 atom stereocenters. The molecule has 0 radical (unpaired) electrons. The van der Waals surface area contributed by atoms with Gasteiger partial charge in [0.05, 0.1) is 26.1 Å². The van der Waals surface area contributed by atoms with Crippen LogP contribution in [0.1, 0.15) is 5.56 Å². The predicted octanol–water partition coefficient (Wildman–Crippen LogP) is 4.57. The summed E-state index contributed by atoms with van der Waals surface area (Å²) in [5.74, 6) is 1.30. The van der Waals surface area contributed by atoms with Gasteiger partial charge in [-0.05, 0) is 46.3 Å². The largest absolute Gasteiger partial charge is 0.493 e. The Kier molecular flexibility index (Phi) is 5.47. The number of anilines is 1. The summed E-state index contributed by atoms with van der Waals surface area (Å²) in [4.78, 5) is 0. The molecule has 0 saturated carbocycles. The van der Waals surface area contributed by atoms with Gasteiger partial charge in [0.2, 0.25) is 0 Å². The van der Waals surface area contributed by atoms with Gasteiger partial charge in [0, 0.05) is 15.1 Å². The van der Waals surface area contributed by atoms with Gasteiger partial charge in [0.25, 0.3) is 0 Å². The van der Waals surface area contributed by atoms with Crippen LogP contribution in [0.5, 0.6) is 11.5 Å². The molecule has 2 rings (SSSR count). The SMILES string of the molecule is COc1cc(Br)c(/C=N\Nc2cccc(Cl)c2)cc1OC. The topological polar surface area (TPSA) is 42.8 Å². The van der Waals surface area contributed by atoms with Crippen LogP contribution in [-0.2, 0) is 0 Å². The fourth-order valence-electron chi connectivity index (χ4n) is 1.70. The Morgan fingerprint density at radius 2 is 1.86 bits per heavy atom. The van der Waals surface area contributed by atoms with Crippen molar-refractivity contribution in [2.75, 3.05) is 19.6 Å². The van der Waals surface area contributed by atoms with E-state index in [9.17, 15) is 0 Å². The van der Waals surface area contributed by atoms with Crippen molar-refractivity contribution in [2.45, 2.75) is 0 Å². The summed E-state index contributed by atoms with van der Waals surface area (Å²) in [5, 5.41) is 4.84. The normalized spacial score (nSPS) is 10.7. The Bertz CT molecular complexity index is 662. The van der Waals surface area contributed by atoms with Crippen molar-refractivity contribution in [3.05, 3.63) is 51.5 Å². The maximum absolute atomic E-state index is 5.91. The predicted molar refractivity (Wildman–Crippen MR) is 89.9 cm³/mol. The van der Waals surface area contributed by atoms with Gasteiger partial charge in [-0.25, -0.2) is 0 Å². The number of hydrazone groups is 1. The third-order valence-corrected chi connectivity index (χ3v) is 3.65. The number of hydrogen-bond acceptors (Lipinski definition) is 4. The lowest BCUT2D eigenvalue weighted by Crippen LogP contribution is -1.95. The van der Waals surface area contributed by atoms with Crippen LogP contribution in [0.4, 0.5) is 5.69 Å². The Morgan fingerprint density at radius 1 is 1.14 bits per heavy atom. The van der Waals surface area contributed by atoms with Crippen molar-refractivity contribution in [3.63, 3.8) is 0 Å². The van der Waals surface area contributed by atoms with Crippen LogP contribution < -0.4 is 14.9 Å². The molecule has 4 nitrogen and oxygen atoms in total. The number of methoxy groups -OCH3 is 2. The second-order valence-corrected chi connectivity index (χ2v) is 5.40. The molecule has 0 fully saturated rings. The molecule has 0 spiro atoms. The van der Waals surface area contributed by atoms with Gasteiger partial charge in [-0.15, -0.1) is 0 Å². The van der Waals surface area contributed by atoms with Crippen molar-refractivity contribution in [1.82, 2.24) is 0 Å². The average molecular weight is 370 g/mol. The summed E-state index contributed by atoms with van der Waals surface area (Å²) in [6.45, 7) is 0. The van der Waals surface area contributed by atoms with Gasteiger partial charge in [-0.2, -0.15) is 5.10 Å². The lowest BCUT2D eigenvalue weighted by molar-refractivity contribution is 0.354. The van der Waals surface area contributed by atoms with Crippen LogP contribution in [0.15, 0.2) is 46.0 Å². The van der Waals surface area contributed by atoms with Crippen molar-refractivity contribution in [2.24, 2.45) is 5.10 Å². The molecule has 0 aliphatic carbocycles. The number of benzene rings is 2. The molecule has 21 heavy (non-hydrogen) atoms. The van der Waals surface area contributed by atoms with Crippen LogP contribution in [-0.4, -0.2) is 20.4 Å². The average Bonchev–Trinajstić information content (AvgIpc) is 2.48. The molecule has 110 valence electrons. The molecule has 0 unspecified atom stereocenters. The molecule has 6 heteroatoms. The fourth-order valence-corrected chi connectivity index (χ4v) is 2.32. The molecule has 0 heterocycles. The molecular weight excluding hydrogens is 356 g/mol. The standard InChI is InChI=1S/C15H14BrClN2O2/c1-20-14-6-10(13(16)8-15(14)21-2)9-18-19-12-5-3-4-11(17)7-12/h3-9,19H,1-2H3/b18-9-. The zero-order valence-corrected chi connectivity index (χ0v) is 13.9. The Morgan fingerprint density at radius 3 is 2.52 bits per heavy atom. The van der Waals surface area contributed by atoms with Crippen LogP contribution in [0.2, 0.25) is 5.02 Å². The van der Waals surface area contributed by atoms with E-state index in [0.29, 0.717) is 16.5 Å². The molecule has 0 bridgehead atoms. The minimum Gasteiger partial charge on any atom is -0.493 e. The molecule has 1 N–H and O–H groups in total. The van der Waals surface area contributed by atoms with Gasteiger partial charge >= 0.3 is 0 Å². The lowest BCUT2D eigenvalue weighted by atomic mass is 10.2. The molecule has 0 amide bonds. The van der Waals surface area contributed by atoms with Gasteiger partial charge in [-0.3, -0.25) is 5.43 Å². The van der Waals surface area contributed by atoms with Gasteiger partial charge < -0.3 is 9.47 Å². The van der Waals surface area contributed by atoms with Gasteiger partial charge in [-0.1, -0.05) is 17.7 Å². The number of ether oxygens (including phenoxy) is 2. The van der Waals surface area contributed by atoms with Gasteiger partial charge in [0.1, 0.15) is 0 Å². The molecule has 2 aromatic carbocycles. The van der Waals surface area contributed by atoms with E-state index in [1.165, 1.54) is 0 Å². The zero-order valence-electron chi connectivity index (χ0n) is 11.6. The van der Waals surface area contributed by atoms with Crippen molar-refractivity contribution < 1.29 is 9.47 Å². The van der Waals surface area contributed by atoms with Crippen molar-refractivity contribution >= 4 is 39.4 Å². The summed E-state index contributed by atoms with van der Waals surface area (Å²) in [6, 6.07) is 11.0. The van der Waals surface area contributed by atoms with Crippen molar-refractivity contribution in [3.8, 4) is 11.5 Å². The molecule has 0 aliphatic heterocycles. The van der Waals surface area contributed by atoms with Gasteiger partial charge in [0.15, 0.2) is 11.5 Å². The minimum absolute atomic E-state index is 0.643. The molecule has 0 aliphatic rings. The first-order valence-electron chi connectivity index (χ1n) is 6.10.